The number of benzene rings is 1. The zero-order valence-electron chi connectivity index (χ0n) is 10.6. The van der Waals surface area contributed by atoms with Gasteiger partial charge in [-0.1, -0.05) is 12.1 Å². The van der Waals surface area contributed by atoms with Crippen molar-refractivity contribution in [3.8, 4) is 16.9 Å². The lowest BCUT2D eigenvalue weighted by Gasteiger charge is -2.22. The van der Waals surface area contributed by atoms with Gasteiger partial charge >= 0.3 is 0 Å². The van der Waals surface area contributed by atoms with Crippen LogP contribution in [0.25, 0.3) is 11.1 Å². The van der Waals surface area contributed by atoms with E-state index < -0.39 is 0 Å². The summed E-state index contributed by atoms with van der Waals surface area (Å²) in [6.45, 7) is 0. The zero-order valence-corrected chi connectivity index (χ0v) is 10.6. The molecule has 0 unspecified atom stereocenters. The number of anilines is 1. The van der Waals surface area contributed by atoms with E-state index in [1.54, 1.807) is 19.5 Å². The Balaban J connectivity index is 2.23. The second-order valence-electron chi connectivity index (χ2n) is 4.47. The molecule has 0 bridgehead atoms. The molecule has 4 nitrogen and oxygen atoms in total. The number of pyridine rings is 1. The van der Waals surface area contributed by atoms with E-state index in [9.17, 15) is 4.79 Å². The number of nitrogens with one attached hydrogen (secondary N) is 1. The SMILES string of the molecule is COc1ccc2c(c1-c1cccnc1)NC(=O)CC2. The molecule has 0 fully saturated rings. The number of methoxy groups -OCH3 is 1. The molecule has 0 atom stereocenters. The monoisotopic (exact) mass is 254 g/mol. The summed E-state index contributed by atoms with van der Waals surface area (Å²) in [5, 5.41) is 2.95. The number of rotatable bonds is 2. The fourth-order valence-electron chi connectivity index (χ4n) is 2.40. The highest BCUT2D eigenvalue weighted by Crippen LogP contribution is 2.40. The normalized spacial score (nSPS) is 13.6. The Morgan fingerprint density at radius 1 is 1.26 bits per heavy atom. The Hall–Kier alpha value is -2.36. The van der Waals surface area contributed by atoms with Crippen LogP contribution in [0.5, 0.6) is 5.75 Å². The number of aromatic nitrogens is 1. The van der Waals surface area contributed by atoms with Crippen LogP contribution in [0.2, 0.25) is 0 Å². The van der Waals surface area contributed by atoms with Crippen LogP contribution in [-0.2, 0) is 11.2 Å². The first-order valence-electron chi connectivity index (χ1n) is 6.19. The molecule has 1 amide bonds. The predicted octanol–water partition coefficient (Wildman–Crippen LogP) is 2.64. The van der Waals surface area contributed by atoms with Crippen molar-refractivity contribution in [2.45, 2.75) is 12.8 Å². The Kier molecular flexibility index (Phi) is 2.91. The first kappa shape index (κ1) is 11.7. The molecule has 4 heteroatoms. The van der Waals surface area contributed by atoms with Gasteiger partial charge in [0.25, 0.3) is 0 Å². The highest BCUT2D eigenvalue weighted by Gasteiger charge is 2.21. The van der Waals surface area contributed by atoms with E-state index in [0.717, 1.165) is 34.5 Å². The first-order valence-corrected chi connectivity index (χ1v) is 6.19. The van der Waals surface area contributed by atoms with Gasteiger partial charge in [0, 0.05) is 29.9 Å². The molecular weight excluding hydrogens is 240 g/mol. The van der Waals surface area contributed by atoms with Crippen molar-refractivity contribution in [1.82, 2.24) is 4.98 Å². The van der Waals surface area contributed by atoms with Gasteiger partial charge < -0.3 is 10.1 Å². The molecule has 96 valence electrons. The van der Waals surface area contributed by atoms with Crippen LogP contribution in [-0.4, -0.2) is 18.0 Å². The van der Waals surface area contributed by atoms with Gasteiger partial charge in [-0.05, 0) is 24.1 Å². The smallest absolute Gasteiger partial charge is 0.224 e. The van der Waals surface area contributed by atoms with E-state index >= 15 is 0 Å². The minimum absolute atomic E-state index is 0.0471. The largest absolute Gasteiger partial charge is 0.496 e. The fourth-order valence-corrected chi connectivity index (χ4v) is 2.40. The molecule has 1 N–H and O–H groups in total. The van der Waals surface area contributed by atoms with E-state index in [2.05, 4.69) is 10.3 Å². The Labute approximate surface area is 111 Å². The summed E-state index contributed by atoms with van der Waals surface area (Å²) in [4.78, 5) is 15.8. The van der Waals surface area contributed by atoms with Crippen molar-refractivity contribution in [1.29, 1.82) is 0 Å². The number of amides is 1. The molecule has 1 aliphatic rings. The summed E-state index contributed by atoms with van der Waals surface area (Å²) in [5.74, 6) is 0.792. The highest BCUT2D eigenvalue weighted by atomic mass is 16.5. The van der Waals surface area contributed by atoms with Gasteiger partial charge in [-0.15, -0.1) is 0 Å². The van der Waals surface area contributed by atoms with Crippen LogP contribution in [0.15, 0.2) is 36.7 Å². The summed E-state index contributed by atoms with van der Waals surface area (Å²) < 4.78 is 5.42. The molecular formula is C15H14N2O2. The standard InChI is InChI=1S/C15H14N2O2/c1-19-12-6-4-10-5-7-13(18)17-15(10)14(12)11-3-2-8-16-9-11/h2-4,6,8-9H,5,7H2,1H3,(H,17,18). The Morgan fingerprint density at radius 2 is 2.16 bits per heavy atom. The molecule has 0 saturated heterocycles. The molecule has 0 radical (unpaired) electrons. The van der Waals surface area contributed by atoms with Crippen LogP contribution in [0.1, 0.15) is 12.0 Å². The number of aryl methyl sites for hydroxylation is 1. The molecule has 0 saturated carbocycles. The average Bonchev–Trinajstić information content (AvgIpc) is 2.46. The maximum Gasteiger partial charge on any atom is 0.224 e. The van der Waals surface area contributed by atoms with Crippen LogP contribution in [0, 0.1) is 0 Å². The van der Waals surface area contributed by atoms with E-state index in [1.165, 1.54) is 0 Å². The minimum atomic E-state index is 0.0471. The van der Waals surface area contributed by atoms with Crippen molar-refractivity contribution < 1.29 is 9.53 Å². The number of hydrogen-bond acceptors (Lipinski definition) is 3. The number of fused-ring (bicyclic) bond motifs is 1. The quantitative estimate of drug-likeness (QED) is 0.896. The van der Waals surface area contributed by atoms with Gasteiger partial charge in [-0.3, -0.25) is 9.78 Å². The summed E-state index contributed by atoms with van der Waals surface area (Å²) in [7, 11) is 1.63. The summed E-state index contributed by atoms with van der Waals surface area (Å²) in [6.07, 6.45) is 4.80. The van der Waals surface area contributed by atoms with Gasteiger partial charge in [0.15, 0.2) is 0 Å². The van der Waals surface area contributed by atoms with Gasteiger partial charge in [0.2, 0.25) is 5.91 Å². The second kappa shape index (κ2) is 4.72. The molecule has 0 spiro atoms. The third-order valence-corrected chi connectivity index (χ3v) is 3.31. The van der Waals surface area contributed by atoms with E-state index in [1.807, 2.05) is 24.3 Å². The molecule has 1 aromatic heterocycles. The number of hydrogen-bond donors (Lipinski definition) is 1. The maximum absolute atomic E-state index is 11.6. The van der Waals surface area contributed by atoms with E-state index in [4.69, 9.17) is 4.74 Å². The number of ether oxygens (including phenoxy) is 1. The van der Waals surface area contributed by atoms with Crippen LogP contribution in [0.3, 0.4) is 0 Å². The molecule has 2 heterocycles. The molecule has 3 rings (SSSR count). The third-order valence-electron chi connectivity index (χ3n) is 3.31. The first-order chi connectivity index (χ1) is 9.29. The van der Waals surface area contributed by atoms with Crippen LogP contribution >= 0.6 is 0 Å². The van der Waals surface area contributed by atoms with Crippen molar-refractivity contribution in [3.05, 3.63) is 42.2 Å². The van der Waals surface area contributed by atoms with Gasteiger partial charge in [-0.25, -0.2) is 0 Å². The Morgan fingerprint density at radius 3 is 2.89 bits per heavy atom. The van der Waals surface area contributed by atoms with Crippen LogP contribution < -0.4 is 10.1 Å². The zero-order chi connectivity index (χ0) is 13.2. The van der Waals surface area contributed by atoms with E-state index in [-0.39, 0.29) is 5.91 Å². The predicted molar refractivity (Wildman–Crippen MR) is 73.2 cm³/mol. The molecule has 1 aliphatic heterocycles. The summed E-state index contributed by atoms with van der Waals surface area (Å²) in [5.41, 5.74) is 3.84. The molecule has 1 aromatic carbocycles. The van der Waals surface area contributed by atoms with Gasteiger partial charge in [-0.2, -0.15) is 0 Å². The van der Waals surface area contributed by atoms with Gasteiger partial charge in [0.05, 0.1) is 12.8 Å². The van der Waals surface area contributed by atoms with Crippen molar-refractivity contribution in [3.63, 3.8) is 0 Å². The molecule has 2 aromatic rings. The maximum atomic E-state index is 11.6. The molecule has 19 heavy (non-hydrogen) atoms. The lowest BCUT2D eigenvalue weighted by atomic mass is 9.95. The van der Waals surface area contributed by atoms with Crippen molar-refractivity contribution >= 4 is 11.6 Å². The molecule has 0 aliphatic carbocycles. The van der Waals surface area contributed by atoms with Crippen molar-refractivity contribution in [2.24, 2.45) is 0 Å². The lowest BCUT2D eigenvalue weighted by Crippen LogP contribution is -2.19. The van der Waals surface area contributed by atoms with Crippen LogP contribution in [0.4, 0.5) is 5.69 Å². The highest BCUT2D eigenvalue weighted by molar-refractivity contribution is 6.00. The second-order valence-corrected chi connectivity index (χ2v) is 4.47. The summed E-state index contributed by atoms with van der Waals surface area (Å²) >= 11 is 0. The number of carbonyl (C=O) groups excluding carboxylic acids is 1. The van der Waals surface area contributed by atoms with E-state index in [0.29, 0.717) is 6.42 Å². The number of carbonyl (C=O) groups is 1. The number of nitrogens with zero attached hydrogens (tertiary/aromatic N) is 1. The topological polar surface area (TPSA) is 51.2 Å². The minimum Gasteiger partial charge on any atom is -0.496 e. The summed E-state index contributed by atoms with van der Waals surface area (Å²) in [6, 6.07) is 7.79. The van der Waals surface area contributed by atoms with Gasteiger partial charge in [0.1, 0.15) is 5.75 Å². The third kappa shape index (κ3) is 2.05. The Bertz CT molecular complexity index is 624. The lowest BCUT2D eigenvalue weighted by molar-refractivity contribution is -0.116. The van der Waals surface area contributed by atoms with Crippen molar-refractivity contribution in [2.75, 3.05) is 12.4 Å². The average molecular weight is 254 g/mol. The fraction of sp³-hybridized carbons (Fsp3) is 0.200.